The van der Waals surface area contributed by atoms with Crippen LogP contribution in [0.2, 0.25) is 0 Å². The fourth-order valence-corrected chi connectivity index (χ4v) is 2.15. The highest BCUT2D eigenvalue weighted by molar-refractivity contribution is 5.94. The summed E-state index contributed by atoms with van der Waals surface area (Å²) in [6, 6.07) is 7.90. The molecular weight excluding hydrogens is 248 g/mol. The minimum Gasteiger partial charge on any atom is -0.385 e. The fraction of sp³-hybridized carbons (Fsp3) is 0.588. The number of hydrogen-bond acceptors (Lipinski definition) is 2. The third-order valence-electron chi connectivity index (χ3n) is 3.56. The maximum Gasteiger partial charge on any atom is 0.251 e. The van der Waals surface area contributed by atoms with Crippen molar-refractivity contribution < 1.29 is 4.79 Å². The Balaban J connectivity index is 2.50. The third-order valence-corrected chi connectivity index (χ3v) is 3.56. The van der Waals surface area contributed by atoms with Gasteiger partial charge in [0.2, 0.25) is 0 Å². The van der Waals surface area contributed by atoms with Crippen LogP contribution in [-0.4, -0.2) is 18.5 Å². The number of rotatable bonds is 8. The van der Waals surface area contributed by atoms with E-state index in [1.807, 2.05) is 24.3 Å². The van der Waals surface area contributed by atoms with Crippen molar-refractivity contribution in [3.8, 4) is 0 Å². The minimum absolute atomic E-state index is 0.0165. The molecule has 0 saturated heterocycles. The molecule has 1 aromatic rings. The van der Waals surface area contributed by atoms with Gasteiger partial charge in [-0.2, -0.15) is 0 Å². The van der Waals surface area contributed by atoms with E-state index in [4.69, 9.17) is 0 Å². The van der Waals surface area contributed by atoms with Crippen molar-refractivity contribution in [1.29, 1.82) is 0 Å². The van der Waals surface area contributed by atoms with E-state index in [0.29, 0.717) is 5.92 Å². The number of amides is 1. The average molecular weight is 276 g/mol. The first-order valence-electron chi connectivity index (χ1n) is 7.71. The van der Waals surface area contributed by atoms with Crippen molar-refractivity contribution >= 4 is 11.6 Å². The standard InChI is InChI=1S/C17H28N2O/c1-5-11-18-16-9-7-15(8-10-16)17(20)19-14(4)12-13(3)6-2/h7-10,13-14,18H,5-6,11-12H2,1-4H3,(H,19,20). The van der Waals surface area contributed by atoms with Crippen molar-refractivity contribution in [2.75, 3.05) is 11.9 Å². The zero-order valence-electron chi connectivity index (χ0n) is 13.2. The Morgan fingerprint density at radius 1 is 1.15 bits per heavy atom. The predicted octanol–water partition coefficient (Wildman–Crippen LogP) is 4.06. The van der Waals surface area contributed by atoms with Gasteiger partial charge in [-0.1, -0.05) is 27.2 Å². The summed E-state index contributed by atoms with van der Waals surface area (Å²) in [5, 5.41) is 6.37. The molecule has 0 aliphatic rings. The van der Waals surface area contributed by atoms with E-state index in [1.165, 1.54) is 0 Å². The Hall–Kier alpha value is -1.51. The van der Waals surface area contributed by atoms with E-state index in [1.54, 1.807) is 0 Å². The first-order valence-corrected chi connectivity index (χ1v) is 7.71. The van der Waals surface area contributed by atoms with E-state index < -0.39 is 0 Å². The molecule has 1 rings (SSSR count). The maximum atomic E-state index is 12.1. The minimum atomic E-state index is 0.0165. The largest absolute Gasteiger partial charge is 0.385 e. The Bertz CT molecular complexity index is 400. The molecule has 1 aromatic carbocycles. The highest BCUT2D eigenvalue weighted by atomic mass is 16.1. The van der Waals surface area contributed by atoms with Crippen LogP contribution in [-0.2, 0) is 0 Å². The summed E-state index contributed by atoms with van der Waals surface area (Å²) < 4.78 is 0. The quantitative estimate of drug-likeness (QED) is 0.751. The van der Waals surface area contributed by atoms with Gasteiger partial charge in [-0.15, -0.1) is 0 Å². The lowest BCUT2D eigenvalue weighted by atomic mass is 10.00. The molecule has 0 bridgehead atoms. The normalized spacial score (nSPS) is 13.6. The van der Waals surface area contributed by atoms with E-state index in [0.717, 1.165) is 37.1 Å². The summed E-state index contributed by atoms with van der Waals surface area (Å²) in [7, 11) is 0. The first kappa shape index (κ1) is 16.5. The van der Waals surface area contributed by atoms with E-state index in [9.17, 15) is 4.79 Å². The van der Waals surface area contributed by atoms with Crippen LogP contribution in [0.3, 0.4) is 0 Å². The number of benzene rings is 1. The molecule has 0 aliphatic carbocycles. The summed E-state index contributed by atoms with van der Waals surface area (Å²) in [6.07, 6.45) is 3.27. The number of nitrogens with one attached hydrogen (secondary N) is 2. The summed E-state index contributed by atoms with van der Waals surface area (Å²) in [4.78, 5) is 12.1. The van der Waals surface area contributed by atoms with Gasteiger partial charge in [0.25, 0.3) is 5.91 Å². The highest BCUT2D eigenvalue weighted by Gasteiger charge is 2.11. The van der Waals surface area contributed by atoms with Crippen molar-refractivity contribution in [2.45, 2.75) is 53.0 Å². The molecule has 2 unspecified atom stereocenters. The maximum absolute atomic E-state index is 12.1. The van der Waals surface area contributed by atoms with Crippen molar-refractivity contribution in [3.63, 3.8) is 0 Å². The second kappa shape index (κ2) is 8.62. The van der Waals surface area contributed by atoms with E-state index >= 15 is 0 Å². The number of carbonyl (C=O) groups is 1. The molecule has 0 radical (unpaired) electrons. The molecule has 2 N–H and O–H groups in total. The molecule has 3 nitrogen and oxygen atoms in total. The second-order valence-corrected chi connectivity index (χ2v) is 5.63. The predicted molar refractivity (Wildman–Crippen MR) is 86.2 cm³/mol. The Morgan fingerprint density at radius 2 is 1.80 bits per heavy atom. The van der Waals surface area contributed by atoms with Gasteiger partial charge in [-0.05, 0) is 49.9 Å². The van der Waals surface area contributed by atoms with Gasteiger partial charge in [0.1, 0.15) is 0 Å². The van der Waals surface area contributed by atoms with E-state index in [2.05, 4.69) is 38.3 Å². The van der Waals surface area contributed by atoms with Crippen LogP contribution in [0.5, 0.6) is 0 Å². The van der Waals surface area contributed by atoms with Crippen molar-refractivity contribution in [2.24, 2.45) is 5.92 Å². The molecular formula is C17H28N2O. The van der Waals surface area contributed by atoms with Gasteiger partial charge in [0.05, 0.1) is 0 Å². The molecule has 0 fully saturated rings. The van der Waals surface area contributed by atoms with Crippen LogP contribution >= 0.6 is 0 Å². The SMILES string of the molecule is CCCNc1ccc(C(=O)NC(C)CC(C)CC)cc1. The molecule has 0 heterocycles. The third kappa shape index (κ3) is 5.64. The lowest BCUT2D eigenvalue weighted by Crippen LogP contribution is -2.33. The lowest BCUT2D eigenvalue weighted by molar-refractivity contribution is 0.0935. The van der Waals surface area contributed by atoms with Gasteiger partial charge in [0, 0.05) is 23.8 Å². The molecule has 112 valence electrons. The number of carbonyl (C=O) groups excluding carboxylic acids is 1. The molecule has 20 heavy (non-hydrogen) atoms. The summed E-state index contributed by atoms with van der Waals surface area (Å²) in [6.45, 7) is 9.56. The van der Waals surface area contributed by atoms with Gasteiger partial charge in [0.15, 0.2) is 0 Å². The van der Waals surface area contributed by atoms with Gasteiger partial charge >= 0.3 is 0 Å². The number of hydrogen-bond donors (Lipinski definition) is 2. The number of anilines is 1. The van der Waals surface area contributed by atoms with Crippen LogP contribution in [0.25, 0.3) is 0 Å². The molecule has 0 aliphatic heterocycles. The van der Waals surface area contributed by atoms with Gasteiger partial charge < -0.3 is 10.6 Å². The summed E-state index contributed by atoms with van der Waals surface area (Å²) >= 11 is 0. The zero-order chi connectivity index (χ0) is 15.0. The van der Waals surface area contributed by atoms with Crippen LogP contribution in [0.1, 0.15) is 57.3 Å². The molecule has 0 saturated carbocycles. The van der Waals surface area contributed by atoms with Crippen LogP contribution in [0.15, 0.2) is 24.3 Å². The van der Waals surface area contributed by atoms with Crippen molar-refractivity contribution in [1.82, 2.24) is 5.32 Å². The van der Waals surface area contributed by atoms with Gasteiger partial charge in [-0.25, -0.2) is 0 Å². The van der Waals surface area contributed by atoms with E-state index in [-0.39, 0.29) is 11.9 Å². The summed E-state index contributed by atoms with van der Waals surface area (Å²) in [5.74, 6) is 0.661. The smallest absolute Gasteiger partial charge is 0.251 e. The lowest BCUT2D eigenvalue weighted by Gasteiger charge is -2.17. The van der Waals surface area contributed by atoms with Gasteiger partial charge in [-0.3, -0.25) is 4.79 Å². The molecule has 2 atom stereocenters. The Labute approximate surface area is 123 Å². The van der Waals surface area contributed by atoms with Crippen LogP contribution in [0, 0.1) is 5.92 Å². The zero-order valence-corrected chi connectivity index (χ0v) is 13.2. The average Bonchev–Trinajstić information content (AvgIpc) is 2.45. The molecule has 3 heteroatoms. The Morgan fingerprint density at radius 3 is 2.35 bits per heavy atom. The Kier molecular flexibility index (Phi) is 7.13. The topological polar surface area (TPSA) is 41.1 Å². The second-order valence-electron chi connectivity index (χ2n) is 5.63. The molecule has 1 amide bonds. The highest BCUT2D eigenvalue weighted by Crippen LogP contribution is 2.12. The monoisotopic (exact) mass is 276 g/mol. The molecule has 0 spiro atoms. The van der Waals surface area contributed by atoms with Crippen molar-refractivity contribution in [3.05, 3.63) is 29.8 Å². The fourth-order valence-electron chi connectivity index (χ4n) is 2.15. The molecule has 0 aromatic heterocycles. The first-order chi connectivity index (χ1) is 9.56. The van der Waals surface area contributed by atoms with Crippen LogP contribution < -0.4 is 10.6 Å². The summed E-state index contributed by atoms with van der Waals surface area (Å²) in [5.41, 5.74) is 1.79. The van der Waals surface area contributed by atoms with Crippen LogP contribution in [0.4, 0.5) is 5.69 Å².